The average molecular weight is 396 g/mol. The molecule has 2 heterocycles. The number of hydrogen-bond acceptors (Lipinski definition) is 2. The minimum Gasteiger partial charge on any atom is -0.481 e. The number of aryl methyl sites for hydroxylation is 3. The molecular weight excluding hydrogens is 374 g/mol. The number of rotatable bonds is 4. The van der Waals surface area contributed by atoms with Gasteiger partial charge in [-0.05, 0) is 68.1 Å². The average Bonchev–Trinajstić information content (AvgIpc) is 2.97. The molecule has 0 amide bonds. The van der Waals surface area contributed by atoms with E-state index in [4.69, 9.17) is 11.6 Å². The van der Waals surface area contributed by atoms with Gasteiger partial charge in [-0.3, -0.25) is 9.59 Å². The van der Waals surface area contributed by atoms with Crippen molar-refractivity contribution in [3.05, 3.63) is 69.4 Å². The van der Waals surface area contributed by atoms with Crippen LogP contribution in [0.15, 0.2) is 36.4 Å². The van der Waals surface area contributed by atoms with Gasteiger partial charge in [-0.25, -0.2) is 0 Å². The van der Waals surface area contributed by atoms with Crippen molar-refractivity contribution in [3.63, 3.8) is 0 Å². The van der Waals surface area contributed by atoms with Crippen molar-refractivity contribution >= 4 is 34.3 Å². The molecule has 3 aromatic rings. The van der Waals surface area contributed by atoms with Crippen molar-refractivity contribution in [2.24, 2.45) is 0 Å². The van der Waals surface area contributed by atoms with Crippen molar-refractivity contribution in [2.75, 3.05) is 0 Å². The third-order valence-electron chi connectivity index (χ3n) is 5.62. The van der Waals surface area contributed by atoms with Crippen LogP contribution >= 0.6 is 11.6 Å². The van der Waals surface area contributed by atoms with Crippen molar-refractivity contribution in [3.8, 4) is 0 Å². The highest BCUT2D eigenvalue weighted by Gasteiger charge is 2.32. The lowest BCUT2D eigenvalue weighted by atomic mass is 9.87. The van der Waals surface area contributed by atoms with Crippen LogP contribution in [0.25, 0.3) is 10.9 Å². The number of benzene rings is 2. The molecule has 1 aliphatic heterocycles. The maximum atomic E-state index is 13.6. The molecule has 144 valence electrons. The topological polar surface area (TPSA) is 59.3 Å². The van der Waals surface area contributed by atoms with Crippen LogP contribution in [0.2, 0.25) is 5.02 Å². The van der Waals surface area contributed by atoms with Crippen molar-refractivity contribution in [1.82, 2.24) is 4.57 Å². The highest BCUT2D eigenvalue weighted by molar-refractivity contribution is 6.30. The Hall–Kier alpha value is -2.59. The Kier molecular flexibility index (Phi) is 4.76. The monoisotopic (exact) mass is 395 g/mol. The van der Waals surface area contributed by atoms with E-state index in [1.807, 2.05) is 13.8 Å². The fourth-order valence-electron chi connectivity index (χ4n) is 4.56. The number of aliphatic carboxylic acids is 1. The number of hydrogen-bond donors (Lipinski definition) is 1. The minimum absolute atomic E-state index is 0.0370. The summed E-state index contributed by atoms with van der Waals surface area (Å²) < 4.78 is 2.18. The third kappa shape index (κ3) is 3.12. The van der Waals surface area contributed by atoms with Gasteiger partial charge in [-0.2, -0.15) is 0 Å². The molecule has 4 rings (SSSR count). The third-order valence-corrected chi connectivity index (χ3v) is 5.87. The van der Waals surface area contributed by atoms with Gasteiger partial charge < -0.3 is 9.67 Å². The predicted molar refractivity (Wildman–Crippen MR) is 111 cm³/mol. The van der Waals surface area contributed by atoms with Crippen LogP contribution in [0.3, 0.4) is 0 Å². The van der Waals surface area contributed by atoms with E-state index in [9.17, 15) is 14.7 Å². The van der Waals surface area contributed by atoms with Crippen LogP contribution in [0.1, 0.15) is 57.9 Å². The Balaban J connectivity index is 2.02. The quantitative estimate of drug-likeness (QED) is 0.594. The highest BCUT2D eigenvalue weighted by Crippen LogP contribution is 2.41. The van der Waals surface area contributed by atoms with Gasteiger partial charge >= 0.3 is 5.97 Å². The molecular formula is C23H22ClNO3. The van der Waals surface area contributed by atoms with E-state index in [1.54, 1.807) is 24.3 Å². The van der Waals surface area contributed by atoms with Gasteiger partial charge in [0.15, 0.2) is 5.78 Å². The predicted octanol–water partition coefficient (Wildman–Crippen LogP) is 5.49. The number of nitrogens with zero attached hydrogens (tertiary/aromatic N) is 1. The molecule has 5 heteroatoms. The summed E-state index contributed by atoms with van der Waals surface area (Å²) in [5.41, 5.74) is 5.30. The minimum atomic E-state index is -0.832. The molecule has 1 N–H and O–H groups in total. The number of carbonyl (C=O) groups is 2. The molecule has 0 saturated heterocycles. The second-order valence-corrected chi connectivity index (χ2v) is 8.10. The molecule has 0 radical (unpaired) electrons. The Morgan fingerprint density at radius 2 is 1.89 bits per heavy atom. The van der Waals surface area contributed by atoms with Gasteiger partial charge in [0.25, 0.3) is 0 Å². The zero-order valence-corrected chi connectivity index (χ0v) is 16.7. The van der Waals surface area contributed by atoms with Gasteiger partial charge in [-0.15, -0.1) is 0 Å². The molecule has 0 bridgehead atoms. The summed E-state index contributed by atoms with van der Waals surface area (Å²) in [5.74, 6) is -1.06. The lowest BCUT2D eigenvalue weighted by molar-refractivity contribution is -0.137. The second-order valence-electron chi connectivity index (χ2n) is 7.66. The van der Waals surface area contributed by atoms with E-state index in [2.05, 4.69) is 16.7 Å². The van der Waals surface area contributed by atoms with Crippen molar-refractivity contribution in [1.29, 1.82) is 0 Å². The normalized spacial score (nSPS) is 16.2. The van der Waals surface area contributed by atoms with E-state index < -0.39 is 5.97 Å². The Morgan fingerprint density at radius 3 is 2.57 bits per heavy atom. The first-order valence-corrected chi connectivity index (χ1v) is 9.90. The van der Waals surface area contributed by atoms with Crippen molar-refractivity contribution < 1.29 is 14.7 Å². The number of aromatic nitrogens is 1. The van der Waals surface area contributed by atoms with Gasteiger partial charge in [0.05, 0.1) is 12.0 Å². The van der Waals surface area contributed by atoms with Crippen LogP contribution in [0.4, 0.5) is 0 Å². The standard InChI is InChI=1S/C23H22ClNO3/c1-13-10-14(2)20-18(11-13)25-9-3-4-16(12-19(26)27)22(25)21(20)23(28)15-5-7-17(24)8-6-15/h5-8,10-11,16H,3-4,9,12H2,1-2H3,(H,26,27)/t16-/m1/s1. The van der Waals surface area contributed by atoms with Crippen LogP contribution in [0.5, 0.6) is 0 Å². The molecule has 0 unspecified atom stereocenters. The number of carboxylic acids is 1. The SMILES string of the molecule is Cc1cc(C)c2c(C(=O)c3ccc(Cl)cc3)c3n(c2c1)CCC[C@@H]3CC(=O)O. The molecule has 4 nitrogen and oxygen atoms in total. The van der Waals surface area contributed by atoms with E-state index in [0.29, 0.717) is 16.1 Å². The lowest BCUT2D eigenvalue weighted by Crippen LogP contribution is -2.20. The van der Waals surface area contributed by atoms with Crippen LogP contribution in [-0.2, 0) is 11.3 Å². The van der Waals surface area contributed by atoms with Gasteiger partial charge in [-0.1, -0.05) is 17.7 Å². The summed E-state index contributed by atoms with van der Waals surface area (Å²) in [6, 6.07) is 11.1. The summed E-state index contributed by atoms with van der Waals surface area (Å²) in [5, 5.41) is 11.0. The van der Waals surface area contributed by atoms with Gasteiger partial charge in [0.1, 0.15) is 0 Å². The highest BCUT2D eigenvalue weighted by atomic mass is 35.5. The number of fused-ring (bicyclic) bond motifs is 3. The van der Waals surface area contributed by atoms with E-state index in [0.717, 1.165) is 47.1 Å². The number of carboxylic acid groups (broad SMARTS) is 1. The van der Waals surface area contributed by atoms with E-state index >= 15 is 0 Å². The number of carbonyl (C=O) groups excluding carboxylic acids is 1. The molecule has 2 aromatic carbocycles. The summed E-state index contributed by atoms with van der Waals surface area (Å²) in [6.45, 7) is 4.87. The number of ketones is 1. The lowest BCUT2D eigenvalue weighted by Gasteiger charge is -2.25. The Morgan fingerprint density at radius 1 is 1.18 bits per heavy atom. The fraction of sp³-hybridized carbons (Fsp3) is 0.304. The van der Waals surface area contributed by atoms with Crippen LogP contribution in [-0.4, -0.2) is 21.4 Å². The summed E-state index contributed by atoms with van der Waals surface area (Å²) in [7, 11) is 0. The molecule has 0 aliphatic carbocycles. The van der Waals surface area contributed by atoms with Gasteiger partial charge in [0, 0.05) is 39.6 Å². The Labute approximate surface area is 168 Å². The summed E-state index contributed by atoms with van der Waals surface area (Å²) in [6.07, 6.45) is 1.73. The number of halogens is 1. The fourth-order valence-corrected chi connectivity index (χ4v) is 4.68. The van der Waals surface area contributed by atoms with E-state index in [-0.39, 0.29) is 18.1 Å². The molecule has 1 atom stereocenters. The first-order valence-electron chi connectivity index (χ1n) is 9.52. The zero-order valence-electron chi connectivity index (χ0n) is 16.0. The van der Waals surface area contributed by atoms with Crippen LogP contribution < -0.4 is 0 Å². The largest absolute Gasteiger partial charge is 0.481 e. The van der Waals surface area contributed by atoms with Gasteiger partial charge in [0.2, 0.25) is 0 Å². The molecule has 0 spiro atoms. The first kappa shape index (κ1) is 18.8. The smallest absolute Gasteiger partial charge is 0.304 e. The summed E-state index contributed by atoms with van der Waals surface area (Å²) >= 11 is 5.99. The van der Waals surface area contributed by atoms with Crippen LogP contribution in [0, 0.1) is 13.8 Å². The maximum absolute atomic E-state index is 13.6. The molecule has 1 aliphatic rings. The molecule has 0 saturated carbocycles. The molecule has 1 aromatic heterocycles. The Bertz CT molecular complexity index is 1100. The second kappa shape index (κ2) is 7.10. The van der Waals surface area contributed by atoms with Crippen molar-refractivity contribution in [2.45, 2.75) is 45.6 Å². The van der Waals surface area contributed by atoms with E-state index in [1.165, 1.54) is 0 Å². The molecule has 28 heavy (non-hydrogen) atoms. The molecule has 0 fully saturated rings. The first-order chi connectivity index (χ1) is 13.4. The zero-order chi connectivity index (χ0) is 20.0. The summed E-state index contributed by atoms with van der Waals surface area (Å²) in [4.78, 5) is 25.1. The maximum Gasteiger partial charge on any atom is 0.304 e.